The Labute approximate surface area is 196 Å². The van der Waals surface area contributed by atoms with Crippen molar-refractivity contribution in [2.45, 2.75) is 45.4 Å². The number of hydrogen-bond acceptors (Lipinski definition) is 7. The second kappa shape index (κ2) is 9.24. The van der Waals surface area contributed by atoms with Gasteiger partial charge in [-0.1, -0.05) is 11.6 Å². The molecule has 0 aromatic heterocycles. The zero-order chi connectivity index (χ0) is 23.9. The predicted molar refractivity (Wildman–Crippen MR) is 124 cm³/mol. The summed E-state index contributed by atoms with van der Waals surface area (Å²) in [5.41, 5.74) is 2.47. The van der Waals surface area contributed by atoms with Crippen LogP contribution in [0.2, 0.25) is 0 Å². The van der Waals surface area contributed by atoms with Crippen LogP contribution in [0.25, 0.3) is 0 Å². The van der Waals surface area contributed by atoms with Crippen LogP contribution < -0.4 is 15.4 Å². The minimum atomic E-state index is -0.512. The summed E-state index contributed by atoms with van der Waals surface area (Å²) in [5, 5.41) is 25.2. The number of aliphatic imine (C=N–C) groups is 1. The minimum Gasteiger partial charge on any atom is -0.491 e. The molecule has 4 N–H and O–H groups in total. The molecule has 1 amide bonds. The quantitative estimate of drug-likeness (QED) is 0.535. The van der Waals surface area contributed by atoms with Crippen LogP contribution >= 0.6 is 11.6 Å². The third-order valence-electron chi connectivity index (χ3n) is 6.08. The van der Waals surface area contributed by atoms with E-state index in [0.29, 0.717) is 28.6 Å². The molecule has 33 heavy (non-hydrogen) atoms. The van der Waals surface area contributed by atoms with Gasteiger partial charge in [0.2, 0.25) is 0 Å². The number of halogens is 2. The van der Waals surface area contributed by atoms with E-state index in [1.54, 1.807) is 6.92 Å². The lowest BCUT2D eigenvalue weighted by Crippen LogP contribution is -2.34. The van der Waals surface area contributed by atoms with Crippen molar-refractivity contribution in [3.63, 3.8) is 0 Å². The van der Waals surface area contributed by atoms with E-state index in [9.17, 15) is 14.3 Å². The molecule has 2 fully saturated rings. The number of benzene rings is 1. The van der Waals surface area contributed by atoms with Gasteiger partial charge >= 0.3 is 0 Å². The fourth-order valence-electron chi connectivity index (χ4n) is 4.20. The standard InChI is InChI=1S/C23H27ClFN5O3/c1-11-19(31)7-15(27-11)10-33-20-6-14(25)4-5-16(20)23(32)30-8-17(18(26)9-30)22-28-12(2)21(24)13(3)29-22/h4-6,11,15,19,26-28,31H,7-10H2,1-3H3/b22-17+,26-18?. The Kier molecular flexibility index (Phi) is 6.56. The fourth-order valence-corrected chi connectivity index (χ4v) is 4.29. The van der Waals surface area contributed by atoms with E-state index >= 15 is 0 Å². The number of amides is 1. The van der Waals surface area contributed by atoms with E-state index < -0.39 is 11.9 Å². The van der Waals surface area contributed by atoms with Crippen molar-refractivity contribution in [3.05, 3.63) is 51.7 Å². The summed E-state index contributed by atoms with van der Waals surface area (Å²) < 4.78 is 19.8. The van der Waals surface area contributed by atoms with Gasteiger partial charge in [-0.05, 0) is 39.3 Å². The second-order valence-electron chi connectivity index (χ2n) is 8.63. The summed E-state index contributed by atoms with van der Waals surface area (Å²) in [6.45, 7) is 5.98. The monoisotopic (exact) mass is 475 g/mol. The lowest BCUT2D eigenvalue weighted by Gasteiger charge is -2.20. The SMILES string of the molecule is CC1=N/C(=C2\CN(C(=O)c3ccc(F)cc3OCC3CC(O)C(C)N3)CC2=N)NC(C)=C1Cl. The molecule has 3 aliphatic rings. The van der Waals surface area contributed by atoms with E-state index in [1.807, 2.05) is 13.8 Å². The Hall–Kier alpha value is -2.75. The molecule has 3 heterocycles. The molecule has 0 saturated carbocycles. The van der Waals surface area contributed by atoms with Crippen LogP contribution in [0.15, 0.2) is 45.3 Å². The van der Waals surface area contributed by atoms with Crippen molar-refractivity contribution in [3.8, 4) is 5.75 Å². The molecule has 1 aromatic rings. The molecular weight excluding hydrogens is 449 g/mol. The van der Waals surface area contributed by atoms with Crippen LogP contribution in [0.3, 0.4) is 0 Å². The Bertz CT molecular complexity index is 1090. The average Bonchev–Trinajstić information content (AvgIpc) is 3.31. The highest BCUT2D eigenvalue weighted by atomic mass is 35.5. The Morgan fingerprint density at radius 1 is 1.39 bits per heavy atom. The summed E-state index contributed by atoms with van der Waals surface area (Å²) in [6.07, 6.45) is 0.0486. The molecule has 3 atom stereocenters. The van der Waals surface area contributed by atoms with Crippen molar-refractivity contribution in [1.29, 1.82) is 5.41 Å². The summed E-state index contributed by atoms with van der Waals surface area (Å²) in [5.74, 6) is -0.231. The summed E-state index contributed by atoms with van der Waals surface area (Å²) in [6, 6.07) is 3.65. The van der Waals surface area contributed by atoms with Crippen molar-refractivity contribution >= 4 is 28.9 Å². The summed E-state index contributed by atoms with van der Waals surface area (Å²) in [4.78, 5) is 19.2. The van der Waals surface area contributed by atoms with Gasteiger partial charge in [0.25, 0.3) is 5.91 Å². The zero-order valence-corrected chi connectivity index (χ0v) is 19.5. The fraction of sp³-hybridized carbons (Fsp3) is 0.435. The number of likely N-dealkylation sites (tertiary alicyclic amines) is 1. The maximum atomic E-state index is 13.9. The maximum Gasteiger partial charge on any atom is 0.258 e. The Morgan fingerprint density at radius 3 is 2.82 bits per heavy atom. The third-order valence-corrected chi connectivity index (χ3v) is 6.64. The number of aliphatic hydroxyl groups is 1. The molecule has 0 radical (unpaired) electrons. The molecule has 1 aromatic carbocycles. The predicted octanol–water partition coefficient (Wildman–Crippen LogP) is 2.54. The molecule has 3 aliphatic heterocycles. The lowest BCUT2D eigenvalue weighted by atomic mass is 10.1. The lowest BCUT2D eigenvalue weighted by molar-refractivity contribution is 0.0798. The molecule has 8 nitrogen and oxygen atoms in total. The number of nitrogens with zero attached hydrogens (tertiary/aromatic N) is 2. The van der Waals surface area contributed by atoms with Crippen LogP contribution in [0.5, 0.6) is 5.75 Å². The average molecular weight is 476 g/mol. The van der Waals surface area contributed by atoms with E-state index in [1.165, 1.54) is 23.1 Å². The van der Waals surface area contributed by atoms with E-state index in [4.69, 9.17) is 21.7 Å². The minimum absolute atomic E-state index is 0.0534. The van der Waals surface area contributed by atoms with E-state index in [-0.39, 0.29) is 54.7 Å². The van der Waals surface area contributed by atoms with Crippen molar-refractivity contribution in [1.82, 2.24) is 15.5 Å². The summed E-state index contributed by atoms with van der Waals surface area (Å²) in [7, 11) is 0. The largest absolute Gasteiger partial charge is 0.491 e. The molecule has 3 unspecified atom stereocenters. The first-order chi connectivity index (χ1) is 15.6. The van der Waals surface area contributed by atoms with Crippen molar-refractivity contribution in [2.24, 2.45) is 4.99 Å². The Balaban J connectivity index is 1.52. The van der Waals surface area contributed by atoms with E-state index in [0.717, 1.165) is 5.70 Å². The van der Waals surface area contributed by atoms with Gasteiger partial charge in [0.1, 0.15) is 24.0 Å². The number of nitrogens with one attached hydrogen (secondary N) is 3. The van der Waals surface area contributed by atoms with Gasteiger partial charge in [-0.2, -0.15) is 0 Å². The van der Waals surface area contributed by atoms with Gasteiger partial charge in [-0.15, -0.1) is 0 Å². The topological polar surface area (TPSA) is 110 Å². The number of ether oxygens (including phenoxy) is 1. The molecule has 2 saturated heterocycles. The maximum absolute atomic E-state index is 13.9. The number of carbonyl (C=O) groups excluding carboxylic acids is 1. The van der Waals surface area contributed by atoms with Crippen LogP contribution in [0.1, 0.15) is 37.6 Å². The summed E-state index contributed by atoms with van der Waals surface area (Å²) >= 11 is 6.19. The number of carbonyl (C=O) groups is 1. The number of allylic oxidation sites excluding steroid dienone is 2. The van der Waals surface area contributed by atoms with Crippen molar-refractivity contribution < 1.29 is 19.0 Å². The first kappa shape index (κ1) is 23.4. The van der Waals surface area contributed by atoms with Crippen LogP contribution in [0.4, 0.5) is 4.39 Å². The normalized spacial score (nSPS) is 27.7. The highest BCUT2D eigenvalue weighted by molar-refractivity contribution is 6.43. The van der Waals surface area contributed by atoms with Gasteiger partial charge in [-0.3, -0.25) is 4.79 Å². The highest BCUT2D eigenvalue weighted by Gasteiger charge is 2.33. The van der Waals surface area contributed by atoms with E-state index in [2.05, 4.69) is 15.6 Å². The molecule has 0 spiro atoms. The first-order valence-corrected chi connectivity index (χ1v) is 11.2. The molecule has 0 aliphatic carbocycles. The molecule has 0 bridgehead atoms. The van der Waals surface area contributed by atoms with Gasteiger partial charge in [-0.25, -0.2) is 9.38 Å². The molecule has 4 rings (SSSR count). The zero-order valence-electron chi connectivity index (χ0n) is 18.7. The third kappa shape index (κ3) is 4.80. The van der Waals surface area contributed by atoms with Crippen LogP contribution in [-0.2, 0) is 0 Å². The number of hydrogen-bond donors (Lipinski definition) is 4. The number of aliphatic hydroxyl groups excluding tert-OH is 1. The van der Waals surface area contributed by atoms with Gasteiger partial charge in [0.15, 0.2) is 0 Å². The van der Waals surface area contributed by atoms with Gasteiger partial charge in [0.05, 0.1) is 41.2 Å². The first-order valence-electron chi connectivity index (χ1n) is 10.8. The van der Waals surface area contributed by atoms with Gasteiger partial charge in [0, 0.05) is 29.4 Å². The van der Waals surface area contributed by atoms with Gasteiger partial charge < -0.3 is 30.8 Å². The van der Waals surface area contributed by atoms with Crippen LogP contribution in [0, 0.1) is 11.2 Å². The number of rotatable bonds is 4. The molecule has 10 heteroatoms. The van der Waals surface area contributed by atoms with Crippen molar-refractivity contribution in [2.75, 3.05) is 19.7 Å². The second-order valence-corrected chi connectivity index (χ2v) is 9.01. The Morgan fingerprint density at radius 2 is 2.15 bits per heavy atom. The highest BCUT2D eigenvalue weighted by Crippen LogP contribution is 2.27. The molecular formula is C23H27ClFN5O3. The smallest absolute Gasteiger partial charge is 0.258 e. The molecule has 176 valence electrons. The van der Waals surface area contributed by atoms with Crippen LogP contribution in [-0.4, -0.2) is 65.2 Å².